The molecule has 2 aromatic carbocycles. The summed E-state index contributed by atoms with van der Waals surface area (Å²) in [6.07, 6.45) is 1.53. The van der Waals surface area contributed by atoms with Crippen molar-refractivity contribution < 1.29 is 4.79 Å². The molecule has 0 atom stereocenters. The molecule has 0 bridgehead atoms. The van der Waals surface area contributed by atoms with Gasteiger partial charge in [0.1, 0.15) is 6.33 Å². The summed E-state index contributed by atoms with van der Waals surface area (Å²) in [6.45, 7) is 2.87. The van der Waals surface area contributed by atoms with Crippen LogP contribution in [0.15, 0.2) is 54.9 Å². The summed E-state index contributed by atoms with van der Waals surface area (Å²) >= 11 is 12.3. The number of anilines is 1. The van der Waals surface area contributed by atoms with Crippen LogP contribution < -0.4 is 4.90 Å². The number of halogens is 2. The quantitative estimate of drug-likeness (QED) is 0.456. The summed E-state index contributed by atoms with van der Waals surface area (Å²) in [5.74, 6) is 0.598. The Balaban J connectivity index is 1.33. The average Bonchev–Trinajstić information content (AvgIpc) is 3.24. The van der Waals surface area contributed by atoms with Crippen LogP contribution >= 0.6 is 23.2 Å². The van der Waals surface area contributed by atoms with Crippen molar-refractivity contribution in [2.45, 2.75) is 6.54 Å². The minimum Gasteiger partial charge on any atom is -0.351 e. The average molecular weight is 468 g/mol. The molecule has 0 radical (unpaired) electrons. The van der Waals surface area contributed by atoms with Crippen molar-refractivity contribution in [3.63, 3.8) is 0 Å². The Labute approximate surface area is 194 Å². The van der Waals surface area contributed by atoms with Crippen LogP contribution in [0.25, 0.3) is 11.2 Å². The molecular formula is C22H19Cl2N7O. The van der Waals surface area contributed by atoms with Crippen LogP contribution in [-0.2, 0) is 6.54 Å². The van der Waals surface area contributed by atoms with Crippen LogP contribution in [0.4, 0.5) is 5.82 Å². The van der Waals surface area contributed by atoms with Crippen LogP contribution in [0.1, 0.15) is 15.9 Å². The molecule has 10 heteroatoms. The minimum absolute atomic E-state index is 0.126. The zero-order valence-electron chi connectivity index (χ0n) is 17.0. The molecule has 5 rings (SSSR count). The van der Waals surface area contributed by atoms with Gasteiger partial charge >= 0.3 is 0 Å². The van der Waals surface area contributed by atoms with E-state index in [1.807, 2.05) is 30.3 Å². The van der Waals surface area contributed by atoms with E-state index in [9.17, 15) is 4.79 Å². The molecule has 0 N–H and O–H groups in total. The molecule has 162 valence electrons. The van der Waals surface area contributed by atoms with Gasteiger partial charge < -0.3 is 9.80 Å². The Kier molecular flexibility index (Phi) is 5.63. The highest BCUT2D eigenvalue weighted by Crippen LogP contribution is 2.25. The monoisotopic (exact) mass is 467 g/mol. The lowest BCUT2D eigenvalue weighted by molar-refractivity contribution is 0.0747. The standard InChI is InChI=1S/C22H19Cl2N7O/c23-16-6-7-18(24)17(12-16)22(32)30-10-8-29(9-11-30)20-19-21(26-14-25-20)31(28-27-19)13-15-4-2-1-3-5-15/h1-7,12,14H,8-11,13H2. The Morgan fingerprint density at radius 2 is 1.75 bits per heavy atom. The first-order valence-electron chi connectivity index (χ1n) is 10.2. The molecule has 8 nitrogen and oxygen atoms in total. The van der Waals surface area contributed by atoms with Gasteiger partial charge in [-0.1, -0.05) is 58.7 Å². The molecule has 1 saturated heterocycles. The summed E-state index contributed by atoms with van der Waals surface area (Å²) in [5, 5.41) is 9.52. The largest absolute Gasteiger partial charge is 0.351 e. The lowest BCUT2D eigenvalue weighted by atomic mass is 10.1. The molecule has 1 fully saturated rings. The Bertz CT molecular complexity index is 1270. The molecule has 0 aliphatic carbocycles. The number of hydrogen-bond acceptors (Lipinski definition) is 6. The van der Waals surface area contributed by atoms with Crippen LogP contribution in [-0.4, -0.2) is 61.9 Å². The molecule has 0 spiro atoms. The first kappa shape index (κ1) is 20.7. The molecule has 32 heavy (non-hydrogen) atoms. The smallest absolute Gasteiger partial charge is 0.255 e. The van der Waals surface area contributed by atoms with Crippen LogP contribution in [0.3, 0.4) is 0 Å². The fourth-order valence-electron chi connectivity index (χ4n) is 3.83. The fourth-order valence-corrected chi connectivity index (χ4v) is 4.20. The molecule has 1 aliphatic heterocycles. The number of rotatable bonds is 4. The molecule has 1 aliphatic rings. The van der Waals surface area contributed by atoms with E-state index in [0.29, 0.717) is 59.5 Å². The number of fused-ring (bicyclic) bond motifs is 1. The first-order chi connectivity index (χ1) is 15.6. The zero-order valence-corrected chi connectivity index (χ0v) is 18.5. The van der Waals surface area contributed by atoms with Crippen molar-refractivity contribution in [3.8, 4) is 0 Å². The van der Waals surface area contributed by atoms with Crippen LogP contribution in [0.2, 0.25) is 10.0 Å². The van der Waals surface area contributed by atoms with Gasteiger partial charge in [-0.3, -0.25) is 4.79 Å². The van der Waals surface area contributed by atoms with E-state index in [0.717, 1.165) is 11.4 Å². The lowest BCUT2D eigenvalue weighted by Gasteiger charge is -2.35. The SMILES string of the molecule is O=C(c1cc(Cl)ccc1Cl)N1CCN(c2ncnc3c2nnn3Cc2ccccc2)CC1. The van der Waals surface area contributed by atoms with Crippen molar-refractivity contribution in [1.82, 2.24) is 29.9 Å². The second-order valence-corrected chi connectivity index (χ2v) is 8.35. The molecule has 0 saturated carbocycles. The van der Waals surface area contributed by atoms with Crippen LogP contribution in [0.5, 0.6) is 0 Å². The second kappa shape index (κ2) is 8.72. The number of amides is 1. The van der Waals surface area contributed by atoms with Crippen molar-refractivity contribution in [3.05, 3.63) is 76.0 Å². The van der Waals surface area contributed by atoms with Gasteiger partial charge in [0.15, 0.2) is 17.0 Å². The van der Waals surface area contributed by atoms with Gasteiger partial charge in [0.05, 0.1) is 17.1 Å². The molecular weight excluding hydrogens is 449 g/mol. The summed E-state index contributed by atoms with van der Waals surface area (Å²) in [4.78, 5) is 25.7. The predicted molar refractivity (Wildman–Crippen MR) is 123 cm³/mol. The van der Waals surface area contributed by atoms with E-state index >= 15 is 0 Å². The van der Waals surface area contributed by atoms with Gasteiger partial charge in [-0.05, 0) is 23.8 Å². The van der Waals surface area contributed by atoms with E-state index < -0.39 is 0 Å². The van der Waals surface area contributed by atoms with Crippen molar-refractivity contribution in [2.24, 2.45) is 0 Å². The topological polar surface area (TPSA) is 80.0 Å². The maximum atomic E-state index is 12.9. The van der Waals surface area contributed by atoms with Gasteiger partial charge in [-0.15, -0.1) is 5.10 Å². The maximum Gasteiger partial charge on any atom is 0.255 e. The van der Waals surface area contributed by atoms with Gasteiger partial charge in [-0.2, -0.15) is 0 Å². The highest BCUT2D eigenvalue weighted by atomic mass is 35.5. The number of hydrogen-bond donors (Lipinski definition) is 0. The van der Waals surface area contributed by atoms with Crippen molar-refractivity contribution in [1.29, 1.82) is 0 Å². The highest BCUT2D eigenvalue weighted by Gasteiger charge is 2.26. The van der Waals surface area contributed by atoms with E-state index in [1.54, 1.807) is 27.8 Å². The Morgan fingerprint density at radius 3 is 2.53 bits per heavy atom. The number of benzene rings is 2. The molecule has 1 amide bonds. The van der Waals surface area contributed by atoms with E-state index in [4.69, 9.17) is 23.2 Å². The number of carbonyl (C=O) groups is 1. The van der Waals surface area contributed by atoms with Gasteiger partial charge in [0.25, 0.3) is 5.91 Å². The predicted octanol–water partition coefficient (Wildman–Crippen LogP) is 3.54. The summed E-state index contributed by atoms with van der Waals surface area (Å²) in [7, 11) is 0. The number of aromatic nitrogens is 5. The van der Waals surface area contributed by atoms with Gasteiger partial charge in [-0.25, -0.2) is 14.6 Å². The van der Waals surface area contributed by atoms with Crippen LogP contribution in [0, 0.1) is 0 Å². The van der Waals surface area contributed by atoms with E-state index in [1.165, 1.54) is 6.33 Å². The molecule has 0 unspecified atom stereocenters. The van der Waals surface area contributed by atoms with Crippen molar-refractivity contribution >= 4 is 46.1 Å². The van der Waals surface area contributed by atoms with E-state index in [2.05, 4.69) is 25.2 Å². The minimum atomic E-state index is -0.126. The second-order valence-electron chi connectivity index (χ2n) is 7.51. The third-order valence-electron chi connectivity index (χ3n) is 5.48. The third-order valence-corrected chi connectivity index (χ3v) is 6.05. The molecule has 3 heterocycles. The number of piperazine rings is 1. The third kappa shape index (κ3) is 3.99. The summed E-state index contributed by atoms with van der Waals surface area (Å²) in [5.41, 5.74) is 2.87. The fraction of sp³-hybridized carbons (Fsp3) is 0.227. The lowest BCUT2D eigenvalue weighted by Crippen LogP contribution is -2.49. The maximum absolute atomic E-state index is 12.9. The van der Waals surface area contributed by atoms with Crippen molar-refractivity contribution in [2.75, 3.05) is 31.1 Å². The normalized spacial score (nSPS) is 14.2. The Morgan fingerprint density at radius 1 is 0.969 bits per heavy atom. The zero-order chi connectivity index (χ0) is 22.1. The highest BCUT2D eigenvalue weighted by molar-refractivity contribution is 6.35. The molecule has 4 aromatic rings. The number of carbonyl (C=O) groups excluding carboxylic acids is 1. The van der Waals surface area contributed by atoms with E-state index in [-0.39, 0.29) is 5.91 Å². The summed E-state index contributed by atoms with van der Waals surface area (Å²) < 4.78 is 1.77. The molecule has 2 aromatic heterocycles. The first-order valence-corrected chi connectivity index (χ1v) is 10.9. The van der Waals surface area contributed by atoms with Gasteiger partial charge in [0, 0.05) is 31.2 Å². The summed E-state index contributed by atoms with van der Waals surface area (Å²) in [6, 6.07) is 15.0. The Hall–Kier alpha value is -3.23. The number of nitrogens with zero attached hydrogens (tertiary/aromatic N) is 7. The van der Waals surface area contributed by atoms with Gasteiger partial charge in [0.2, 0.25) is 0 Å².